The Morgan fingerprint density at radius 2 is 2.00 bits per heavy atom. The number of methoxy groups -OCH3 is 1. The van der Waals surface area contributed by atoms with E-state index in [9.17, 15) is 19.3 Å². The van der Waals surface area contributed by atoms with Crippen molar-refractivity contribution in [2.45, 2.75) is 19.6 Å². The molecule has 9 nitrogen and oxygen atoms in total. The van der Waals surface area contributed by atoms with Crippen molar-refractivity contribution < 1.29 is 28.0 Å². The molecule has 164 valence electrons. The van der Waals surface area contributed by atoms with Crippen molar-refractivity contribution in [2.75, 3.05) is 7.11 Å². The Hall–Kier alpha value is -3.70. The molecule has 0 aliphatic heterocycles. The van der Waals surface area contributed by atoms with Crippen molar-refractivity contribution in [1.29, 1.82) is 0 Å². The number of fused-ring (bicyclic) bond motifs is 1. The molecule has 2 aromatic heterocycles. The van der Waals surface area contributed by atoms with Crippen LogP contribution in [0.25, 0.3) is 21.5 Å². The number of non-ortho nitro benzene ring substituents is 1. The second-order valence-electron chi connectivity index (χ2n) is 6.75. The summed E-state index contributed by atoms with van der Waals surface area (Å²) in [6, 6.07) is 10.2. The highest BCUT2D eigenvalue weighted by molar-refractivity contribution is 7.21. The standard InChI is InChI=1S/C21H16FN3O6S/c1-11(19-23-24-20(31-19)12-6-8-13(9-7-12)25(27)28)30-21(26)18-14(10-29-2)17-15(22)4-3-5-16(17)32-18/h3-9,11H,10H2,1-2H3/t11-/m1/s1. The molecule has 0 bridgehead atoms. The van der Waals surface area contributed by atoms with Gasteiger partial charge in [0.25, 0.3) is 11.6 Å². The third-order valence-corrected chi connectivity index (χ3v) is 5.81. The molecule has 32 heavy (non-hydrogen) atoms. The van der Waals surface area contributed by atoms with Crippen LogP contribution >= 0.6 is 11.3 Å². The van der Waals surface area contributed by atoms with Crippen LogP contribution in [-0.2, 0) is 16.1 Å². The number of thiophene rings is 1. The first-order chi connectivity index (χ1) is 15.4. The van der Waals surface area contributed by atoms with Crippen LogP contribution < -0.4 is 0 Å². The van der Waals surface area contributed by atoms with Gasteiger partial charge in [0.2, 0.25) is 5.89 Å². The molecule has 11 heteroatoms. The lowest BCUT2D eigenvalue weighted by atomic mass is 10.1. The molecule has 0 radical (unpaired) electrons. The molecule has 4 aromatic rings. The Morgan fingerprint density at radius 3 is 2.69 bits per heavy atom. The van der Waals surface area contributed by atoms with Crippen LogP contribution in [0.15, 0.2) is 46.9 Å². The van der Waals surface area contributed by atoms with Gasteiger partial charge >= 0.3 is 5.97 Å². The smallest absolute Gasteiger partial charge is 0.349 e. The molecule has 1 atom stereocenters. The fourth-order valence-corrected chi connectivity index (χ4v) is 4.22. The van der Waals surface area contributed by atoms with Gasteiger partial charge in [0, 0.05) is 40.5 Å². The van der Waals surface area contributed by atoms with Crippen molar-refractivity contribution in [3.8, 4) is 11.5 Å². The van der Waals surface area contributed by atoms with Crippen molar-refractivity contribution >= 4 is 33.1 Å². The zero-order valence-electron chi connectivity index (χ0n) is 16.9. The molecular formula is C21H16FN3O6S. The van der Waals surface area contributed by atoms with Gasteiger partial charge in [0.05, 0.1) is 11.5 Å². The number of esters is 1. The van der Waals surface area contributed by atoms with Gasteiger partial charge in [-0.1, -0.05) is 6.07 Å². The summed E-state index contributed by atoms with van der Waals surface area (Å²) in [5.74, 6) is -0.933. The Bertz CT molecular complexity index is 1300. The molecule has 0 saturated carbocycles. The van der Waals surface area contributed by atoms with Crippen LogP contribution in [0.2, 0.25) is 0 Å². The van der Waals surface area contributed by atoms with E-state index in [0.717, 1.165) is 11.3 Å². The van der Waals surface area contributed by atoms with E-state index >= 15 is 0 Å². The molecule has 0 aliphatic rings. The lowest BCUT2D eigenvalue weighted by Crippen LogP contribution is -2.10. The summed E-state index contributed by atoms with van der Waals surface area (Å²) >= 11 is 1.11. The molecular weight excluding hydrogens is 441 g/mol. The van der Waals surface area contributed by atoms with Crippen molar-refractivity contribution in [2.24, 2.45) is 0 Å². The molecule has 0 amide bonds. The maximum Gasteiger partial charge on any atom is 0.349 e. The van der Waals surface area contributed by atoms with Crippen LogP contribution in [0.5, 0.6) is 0 Å². The largest absolute Gasteiger partial charge is 0.448 e. The van der Waals surface area contributed by atoms with Crippen LogP contribution in [-0.4, -0.2) is 28.2 Å². The van der Waals surface area contributed by atoms with E-state index in [2.05, 4.69) is 10.2 Å². The second kappa shape index (κ2) is 8.81. The van der Waals surface area contributed by atoms with Crippen LogP contribution in [0, 0.1) is 15.9 Å². The Morgan fingerprint density at radius 1 is 1.25 bits per heavy atom. The van der Waals surface area contributed by atoms with Gasteiger partial charge in [-0.2, -0.15) is 0 Å². The molecule has 0 aliphatic carbocycles. The Kier molecular flexibility index (Phi) is 5.93. The summed E-state index contributed by atoms with van der Waals surface area (Å²) in [4.78, 5) is 23.3. The molecule has 2 heterocycles. The predicted molar refractivity (Wildman–Crippen MR) is 113 cm³/mol. The summed E-state index contributed by atoms with van der Waals surface area (Å²) in [6.07, 6.45) is -0.882. The fourth-order valence-electron chi connectivity index (χ4n) is 3.12. The summed E-state index contributed by atoms with van der Waals surface area (Å²) in [7, 11) is 1.46. The molecule has 0 unspecified atom stereocenters. The number of ether oxygens (including phenoxy) is 2. The third-order valence-electron chi connectivity index (χ3n) is 4.63. The lowest BCUT2D eigenvalue weighted by molar-refractivity contribution is -0.384. The lowest BCUT2D eigenvalue weighted by Gasteiger charge is -2.09. The van der Waals surface area contributed by atoms with Crippen molar-refractivity contribution in [3.05, 3.63) is 74.7 Å². The first-order valence-electron chi connectivity index (χ1n) is 9.37. The van der Waals surface area contributed by atoms with Gasteiger partial charge in [-0.05, 0) is 31.2 Å². The van der Waals surface area contributed by atoms with E-state index in [0.29, 0.717) is 21.2 Å². The van der Waals surface area contributed by atoms with Gasteiger partial charge in [0.15, 0.2) is 6.10 Å². The van der Waals surface area contributed by atoms with E-state index in [1.807, 2.05) is 0 Å². The summed E-state index contributed by atoms with van der Waals surface area (Å²) in [5, 5.41) is 18.9. The van der Waals surface area contributed by atoms with E-state index < -0.39 is 22.8 Å². The molecule has 2 aromatic carbocycles. The molecule has 0 N–H and O–H groups in total. The first-order valence-corrected chi connectivity index (χ1v) is 10.2. The number of nitro groups is 1. The highest BCUT2D eigenvalue weighted by Gasteiger charge is 2.25. The quantitative estimate of drug-likeness (QED) is 0.215. The van der Waals surface area contributed by atoms with Crippen LogP contribution in [0.4, 0.5) is 10.1 Å². The van der Waals surface area contributed by atoms with Crippen molar-refractivity contribution in [1.82, 2.24) is 10.2 Å². The van der Waals surface area contributed by atoms with Crippen molar-refractivity contribution in [3.63, 3.8) is 0 Å². The fraction of sp³-hybridized carbons (Fsp3) is 0.190. The minimum Gasteiger partial charge on any atom is -0.448 e. The second-order valence-corrected chi connectivity index (χ2v) is 7.80. The molecule has 0 fully saturated rings. The number of aromatic nitrogens is 2. The predicted octanol–water partition coefficient (Wildman–Crippen LogP) is 5.06. The minimum absolute atomic E-state index is 0.0462. The highest BCUT2D eigenvalue weighted by atomic mass is 32.1. The molecule has 0 saturated heterocycles. The zero-order valence-corrected chi connectivity index (χ0v) is 17.7. The van der Waals surface area contributed by atoms with Gasteiger partial charge in [-0.15, -0.1) is 21.5 Å². The van der Waals surface area contributed by atoms with E-state index in [-0.39, 0.29) is 29.0 Å². The summed E-state index contributed by atoms with van der Waals surface area (Å²) in [6.45, 7) is 1.61. The average molecular weight is 457 g/mol. The van der Waals surface area contributed by atoms with Crippen LogP contribution in [0.1, 0.15) is 34.2 Å². The maximum atomic E-state index is 14.3. The van der Waals surface area contributed by atoms with Gasteiger partial charge in [-0.3, -0.25) is 10.1 Å². The number of carbonyl (C=O) groups is 1. The number of carbonyl (C=O) groups excluding carboxylic acids is 1. The maximum absolute atomic E-state index is 14.3. The average Bonchev–Trinajstić information content (AvgIpc) is 3.40. The van der Waals surface area contributed by atoms with Gasteiger partial charge in [-0.25, -0.2) is 9.18 Å². The SMILES string of the molecule is COCc1c(C(=O)O[C@H](C)c2nnc(-c3ccc([N+](=O)[O-])cc3)o2)sc2cccc(F)c12. The van der Waals surface area contributed by atoms with Crippen LogP contribution in [0.3, 0.4) is 0 Å². The minimum atomic E-state index is -0.882. The Balaban J connectivity index is 1.55. The number of rotatable bonds is 7. The molecule has 0 spiro atoms. The van der Waals surface area contributed by atoms with Gasteiger partial charge in [0.1, 0.15) is 10.7 Å². The monoisotopic (exact) mass is 457 g/mol. The number of hydrogen-bond acceptors (Lipinski definition) is 9. The van der Waals surface area contributed by atoms with E-state index in [4.69, 9.17) is 13.9 Å². The summed E-state index contributed by atoms with van der Waals surface area (Å²) in [5.41, 5.74) is 0.831. The zero-order chi connectivity index (χ0) is 22.8. The topological polar surface area (TPSA) is 118 Å². The Labute approximate surface area is 184 Å². The number of benzene rings is 2. The number of nitrogens with zero attached hydrogens (tertiary/aromatic N) is 3. The highest BCUT2D eigenvalue weighted by Crippen LogP contribution is 2.35. The van der Waals surface area contributed by atoms with Gasteiger partial charge < -0.3 is 13.9 Å². The number of halogens is 1. The van der Waals surface area contributed by atoms with E-state index in [1.54, 1.807) is 19.1 Å². The third kappa shape index (κ3) is 4.07. The molecule has 4 rings (SSSR count). The number of nitro benzene ring substituents is 1. The van der Waals surface area contributed by atoms with E-state index in [1.165, 1.54) is 37.4 Å². The first kappa shape index (κ1) is 21.5. The normalized spacial score (nSPS) is 12.1. The summed E-state index contributed by atoms with van der Waals surface area (Å²) < 4.78 is 31.2. The number of hydrogen-bond donors (Lipinski definition) is 0.